The Balaban J connectivity index is 2.38. The van der Waals surface area contributed by atoms with Crippen molar-refractivity contribution in [2.24, 2.45) is 11.8 Å². The molecule has 1 aliphatic rings. The Morgan fingerprint density at radius 1 is 1.31 bits per heavy atom. The van der Waals surface area contributed by atoms with E-state index in [1.807, 2.05) is 0 Å². The van der Waals surface area contributed by atoms with Crippen LogP contribution < -0.4 is 5.32 Å². The van der Waals surface area contributed by atoms with Crippen LogP contribution >= 0.6 is 0 Å². The molecule has 0 radical (unpaired) electrons. The van der Waals surface area contributed by atoms with Crippen LogP contribution in [0, 0.1) is 11.8 Å². The van der Waals surface area contributed by atoms with Crippen molar-refractivity contribution in [1.82, 2.24) is 5.32 Å². The topological polar surface area (TPSA) is 32.3 Å². The molecule has 1 aliphatic carbocycles. The first-order valence-corrected chi connectivity index (χ1v) is 7.00. The number of rotatable bonds is 5. The minimum atomic E-state index is -0.432. The van der Waals surface area contributed by atoms with E-state index in [9.17, 15) is 5.11 Å². The molecule has 2 atom stereocenters. The standard InChI is InChI=1S/C14H29NO/c1-4-10-15-11-14(16)8-5-6-13(7-9-14)12(2)3/h12-13,15-16H,4-11H2,1-3H3. The molecule has 0 heterocycles. The van der Waals surface area contributed by atoms with Crippen LogP contribution in [0.15, 0.2) is 0 Å². The maximum absolute atomic E-state index is 10.5. The SMILES string of the molecule is CCCNCC1(O)CCCC(C(C)C)CC1. The fraction of sp³-hybridized carbons (Fsp3) is 1.00. The molecular weight excluding hydrogens is 198 g/mol. The van der Waals surface area contributed by atoms with Gasteiger partial charge in [0.05, 0.1) is 5.60 Å². The first-order chi connectivity index (χ1) is 7.57. The van der Waals surface area contributed by atoms with E-state index >= 15 is 0 Å². The predicted octanol–water partition coefficient (Wildman–Crippen LogP) is 2.95. The van der Waals surface area contributed by atoms with Crippen molar-refractivity contribution >= 4 is 0 Å². The van der Waals surface area contributed by atoms with Crippen LogP contribution in [-0.2, 0) is 0 Å². The summed E-state index contributed by atoms with van der Waals surface area (Å²) in [6.45, 7) is 8.59. The smallest absolute Gasteiger partial charge is 0.0771 e. The summed E-state index contributed by atoms with van der Waals surface area (Å²) in [7, 11) is 0. The van der Waals surface area contributed by atoms with Gasteiger partial charge in [-0.25, -0.2) is 0 Å². The largest absolute Gasteiger partial charge is 0.389 e. The maximum Gasteiger partial charge on any atom is 0.0771 e. The molecule has 2 unspecified atom stereocenters. The van der Waals surface area contributed by atoms with Gasteiger partial charge >= 0.3 is 0 Å². The van der Waals surface area contributed by atoms with Crippen molar-refractivity contribution in [3.63, 3.8) is 0 Å². The normalized spacial score (nSPS) is 31.7. The third-order valence-electron chi connectivity index (χ3n) is 4.02. The highest BCUT2D eigenvalue weighted by Crippen LogP contribution is 2.33. The Bertz CT molecular complexity index is 193. The lowest BCUT2D eigenvalue weighted by molar-refractivity contribution is 0.0240. The van der Waals surface area contributed by atoms with Gasteiger partial charge in [-0.05, 0) is 44.1 Å². The average Bonchev–Trinajstić information content (AvgIpc) is 2.41. The lowest BCUT2D eigenvalue weighted by atomic mass is 9.88. The minimum absolute atomic E-state index is 0.432. The minimum Gasteiger partial charge on any atom is -0.389 e. The summed E-state index contributed by atoms with van der Waals surface area (Å²) < 4.78 is 0. The fourth-order valence-electron chi connectivity index (χ4n) is 2.76. The third-order valence-corrected chi connectivity index (χ3v) is 4.02. The summed E-state index contributed by atoms with van der Waals surface area (Å²) in [6, 6.07) is 0. The molecule has 0 amide bonds. The quantitative estimate of drug-likeness (QED) is 0.559. The molecule has 1 fully saturated rings. The van der Waals surface area contributed by atoms with Crippen molar-refractivity contribution in [3.8, 4) is 0 Å². The van der Waals surface area contributed by atoms with Crippen LogP contribution in [-0.4, -0.2) is 23.8 Å². The fourth-order valence-corrected chi connectivity index (χ4v) is 2.76. The number of nitrogens with one attached hydrogen (secondary N) is 1. The molecule has 0 bridgehead atoms. The summed E-state index contributed by atoms with van der Waals surface area (Å²) in [4.78, 5) is 0. The molecule has 0 aromatic heterocycles. The second-order valence-corrected chi connectivity index (χ2v) is 5.84. The van der Waals surface area contributed by atoms with Gasteiger partial charge in [-0.1, -0.05) is 33.6 Å². The van der Waals surface area contributed by atoms with E-state index in [1.54, 1.807) is 0 Å². The molecule has 0 aromatic carbocycles. The molecule has 2 N–H and O–H groups in total. The average molecular weight is 227 g/mol. The molecule has 16 heavy (non-hydrogen) atoms. The lowest BCUT2D eigenvalue weighted by Crippen LogP contribution is -2.40. The molecule has 0 saturated heterocycles. The van der Waals surface area contributed by atoms with Crippen molar-refractivity contribution in [2.75, 3.05) is 13.1 Å². The number of aliphatic hydroxyl groups is 1. The molecule has 1 saturated carbocycles. The highest BCUT2D eigenvalue weighted by atomic mass is 16.3. The maximum atomic E-state index is 10.5. The zero-order chi connectivity index (χ0) is 12.0. The Labute approximate surface area is 101 Å². The van der Waals surface area contributed by atoms with Crippen LogP contribution in [0.3, 0.4) is 0 Å². The summed E-state index contributed by atoms with van der Waals surface area (Å²) in [5.41, 5.74) is -0.432. The van der Waals surface area contributed by atoms with E-state index in [2.05, 4.69) is 26.1 Å². The van der Waals surface area contributed by atoms with Crippen LogP contribution in [0.4, 0.5) is 0 Å². The first-order valence-electron chi connectivity index (χ1n) is 7.00. The van der Waals surface area contributed by atoms with Crippen molar-refractivity contribution in [3.05, 3.63) is 0 Å². The van der Waals surface area contributed by atoms with Crippen LogP contribution in [0.2, 0.25) is 0 Å². The number of hydrogen-bond acceptors (Lipinski definition) is 2. The van der Waals surface area contributed by atoms with E-state index < -0.39 is 5.60 Å². The van der Waals surface area contributed by atoms with Gasteiger partial charge < -0.3 is 10.4 Å². The summed E-state index contributed by atoms with van der Waals surface area (Å²) >= 11 is 0. The summed E-state index contributed by atoms with van der Waals surface area (Å²) in [5.74, 6) is 1.59. The number of hydrogen-bond donors (Lipinski definition) is 2. The van der Waals surface area contributed by atoms with Gasteiger partial charge in [0.2, 0.25) is 0 Å². The Hall–Kier alpha value is -0.0800. The van der Waals surface area contributed by atoms with Crippen molar-refractivity contribution in [2.45, 2.75) is 64.9 Å². The van der Waals surface area contributed by atoms with Gasteiger partial charge in [-0.15, -0.1) is 0 Å². The van der Waals surface area contributed by atoms with E-state index in [4.69, 9.17) is 0 Å². The van der Waals surface area contributed by atoms with Gasteiger partial charge in [-0.3, -0.25) is 0 Å². The highest BCUT2D eigenvalue weighted by molar-refractivity contribution is 4.85. The predicted molar refractivity (Wildman–Crippen MR) is 69.5 cm³/mol. The molecule has 1 rings (SSSR count). The first kappa shape index (κ1) is 14.0. The zero-order valence-corrected chi connectivity index (χ0v) is 11.3. The Morgan fingerprint density at radius 2 is 2.06 bits per heavy atom. The summed E-state index contributed by atoms with van der Waals surface area (Å²) in [6.07, 6.45) is 6.78. The molecule has 2 nitrogen and oxygen atoms in total. The van der Waals surface area contributed by atoms with Crippen molar-refractivity contribution < 1.29 is 5.11 Å². The van der Waals surface area contributed by atoms with E-state index in [0.29, 0.717) is 0 Å². The zero-order valence-electron chi connectivity index (χ0n) is 11.3. The molecule has 0 aromatic rings. The highest BCUT2D eigenvalue weighted by Gasteiger charge is 2.31. The third kappa shape index (κ3) is 4.42. The second-order valence-electron chi connectivity index (χ2n) is 5.84. The van der Waals surface area contributed by atoms with Gasteiger partial charge in [-0.2, -0.15) is 0 Å². The van der Waals surface area contributed by atoms with E-state index in [0.717, 1.165) is 44.2 Å². The lowest BCUT2D eigenvalue weighted by Gasteiger charge is -2.27. The monoisotopic (exact) mass is 227 g/mol. The van der Waals surface area contributed by atoms with Crippen LogP contribution in [0.25, 0.3) is 0 Å². The molecule has 0 spiro atoms. The van der Waals surface area contributed by atoms with Gasteiger partial charge in [0.15, 0.2) is 0 Å². The molecular formula is C14H29NO. The van der Waals surface area contributed by atoms with E-state index in [1.165, 1.54) is 19.3 Å². The summed E-state index contributed by atoms with van der Waals surface area (Å²) in [5, 5.41) is 13.9. The van der Waals surface area contributed by atoms with Crippen molar-refractivity contribution in [1.29, 1.82) is 0 Å². The van der Waals surface area contributed by atoms with Crippen LogP contribution in [0.5, 0.6) is 0 Å². The van der Waals surface area contributed by atoms with Crippen LogP contribution in [0.1, 0.15) is 59.3 Å². The molecule has 2 heteroatoms. The molecule has 0 aliphatic heterocycles. The van der Waals surface area contributed by atoms with E-state index in [-0.39, 0.29) is 0 Å². The second kappa shape index (κ2) is 6.61. The Kier molecular flexibility index (Phi) is 5.77. The van der Waals surface area contributed by atoms with Gasteiger partial charge in [0.1, 0.15) is 0 Å². The van der Waals surface area contributed by atoms with Gasteiger partial charge in [0, 0.05) is 6.54 Å². The Morgan fingerprint density at radius 3 is 2.69 bits per heavy atom. The van der Waals surface area contributed by atoms with Gasteiger partial charge in [0.25, 0.3) is 0 Å². The molecule has 96 valence electrons.